The number of aromatic nitrogens is 1. The second kappa shape index (κ2) is 9.47. The van der Waals surface area contributed by atoms with Gasteiger partial charge in [0.2, 0.25) is 11.8 Å². The number of hydrogen-bond acceptors (Lipinski definition) is 6. The number of pyridine rings is 1. The summed E-state index contributed by atoms with van der Waals surface area (Å²) < 4.78 is 5.49. The van der Waals surface area contributed by atoms with Crippen LogP contribution in [0.3, 0.4) is 0 Å². The Bertz CT molecular complexity index is 881. The summed E-state index contributed by atoms with van der Waals surface area (Å²) in [6, 6.07) is 6.38. The molecule has 0 spiro atoms. The van der Waals surface area contributed by atoms with Crippen LogP contribution in [0.25, 0.3) is 0 Å². The third-order valence-electron chi connectivity index (χ3n) is 5.68. The molecule has 4 rings (SSSR count). The van der Waals surface area contributed by atoms with Crippen LogP contribution < -0.4 is 5.32 Å². The number of nitrogens with zero attached hydrogens (tertiary/aromatic N) is 2. The third-order valence-corrected chi connectivity index (χ3v) is 6.74. The number of rotatable bonds is 7. The number of amides is 2. The third kappa shape index (κ3) is 4.75. The summed E-state index contributed by atoms with van der Waals surface area (Å²) in [6.45, 7) is 0.159. The molecule has 1 saturated carbocycles. The van der Waals surface area contributed by atoms with E-state index in [2.05, 4.69) is 10.3 Å². The van der Waals surface area contributed by atoms with E-state index >= 15 is 0 Å². The number of carbonyl (C=O) groups is 3. The Morgan fingerprint density at radius 3 is 2.63 bits per heavy atom. The summed E-state index contributed by atoms with van der Waals surface area (Å²) in [5, 5.41) is 3.15. The van der Waals surface area contributed by atoms with Gasteiger partial charge in [0.05, 0.1) is 18.7 Å². The number of furan rings is 1. The van der Waals surface area contributed by atoms with Crippen molar-refractivity contribution in [3.8, 4) is 0 Å². The van der Waals surface area contributed by atoms with Gasteiger partial charge in [0.1, 0.15) is 11.8 Å². The van der Waals surface area contributed by atoms with E-state index < -0.39 is 12.0 Å². The zero-order valence-corrected chi connectivity index (χ0v) is 17.5. The van der Waals surface area contributed by atoms with Gasteiger partial charge in [-0.15, -0.1) is 0 Å². The molecular formula is C22H25N3O4S. The predicted molar refractivity (Wildman–Crippen MR) is 112 cm³/mol. The van der Waals surface area contributed by atoms with E-state index in [9.17, 15) is 14.4 Å². The summed E-state index contributed by atoms with van der Waals surface area (Å²) in [5.41, 5.74) is 0.692. The van der Waals surface area contributed by atoms with Gasteiger partial charge in [-0.1, -0.05) is 24.6 Å². The summed E-state index contributed by atoms with van der Waals surface area (Å²) in [7, 11) is 0. The molecule has 30 heavy (non-hydrogen) atoms. The van der Waals surface area contributed by atoms with Crippen LogP contribution in [0.2, 0.25) is 0 Å². The van der Waals surface area contributed by atoms with Gasteiger partial charge in [-0.25, -0.2) is 0 Å². The minimum absolute atomic E-state index is 0.0159. The van der Waals surface area contributed by atoms with Crippen molar-refractivity contribution < 1.29 is 18.8 Å². The van der Waals surface area contributed by atoms with Crippen LogP contribution in [0.1, 0.15) is 49.5 Å². The van der Waals surface area contributed by atoms with Gasteiger partial charge in [0.15, 0.2) is 5.12 Å². The molecule has 7 nitrogen and oxygen atoms in total. The number of nitrogens with one attached hydrogen (secondary N) is 1. The van der Waals surface area contributed by atoms with E-state index in [1.54, 1.807) is 47.8 Å². The average Bonchev–Trinajstić information content (AvgIpc) is 3.51. The molecule has 1 aliphatic carbocycles. The fraction of sp³-hybridized carbons (Fsp3) is 0.455. The molecule has 3 heterocycles. The fourth-order valence-electron chi connectivity index (χ4n) is 4.14. The van der Waals surface area contributed by atoms with Gasteiger partial charge in [0.25, 0.3) is 0 Å². The van der Waals surface area contributed by atoms with Gasteiger partial charge >= 0.3 is 0 Å². The van der Waals surface area contributed by atoms with Crippen LogP contribution in [-0.2, 0) is 20.9 Å². The second-order valence-electron chi connectivity index (χ2n) is 7.80. The molecule has 2 aromatic heterocycles. The molecule has 0 radical (unpaired) electrons. The highest BCUT2D eigenvalue weighted by atomic mass is 32.2. The van der Waals surface area contributed by atoms with E-state index in [0.717, 1.165) is 25.7 Å². The highest BCUT2D eigenvalue weighted by molar-refractivity contribution is 8.14. The summed E-state index contributed by atoms with van der Waals surface area (Å²) in [4.78, 5) is 44.3. The Morgan fingerprint density at radius 2 is 2.00 bits per heavy atom. The molecule has 1 saturated heterocycles. The lowest BCUT2D eigenvalue weighted by molar-refractivity contribution is -0.145. The standard InChI is InChI=1S/C22H25N3O4S/c26-19-12-16(14-30-19)22(28)25(13-18-6-3-11-29-18)20(15-7-9-23-10-8-15)21(27)24-17-4-1-2-5-17/h3,6-11,16-17,20H,1-2,4-5,12-14H2,(H,24,27). The molecular weight excluding hydrogens is 402 g/mol. The molecule has 2 aliphatic rings. The van der Waals surface area contributed by atoms with Crippen molar-refractivity contribution in [1.29, 1.82) is 0 Å². The van der Waals surface area contributed by atoms with E-state index in [1.165, 1.54) is 11.8 Å². The molecule has 2 amide bonds. The van der Waals surface area contributed by atoms with Crippen LogP contribution in [0.5, 0.6) is 0 Å². The van der Waals surface area contributed by atoms with Crippen LogP contribution in [0.4, 0.5) is 0 Å². The van der Waals surface area contributed by atoms with Crippen molar-refractivity contribution in [1.82, 2.24) is 15.2 Å². The first-order chi connectivity index (χ1) is 14.6. The first-order valence-corrected chi connectivity index (χ1v) is 11.3. The topological polar surface area (TPSA) is 92.5 Å². The highest BCUT2D eigenvalue weighted by Gasteiger charge is 2.39. The maximum atomic E-state index is 13.5. The minimum Gasteiger partial charge on any atom is -0.467 e. The lowest BCUT2D eigenvalue weighted by Gasteiger charge is -2.33. The summed E-state index contributed by atoms with van der Waals surface area (Å²) in [5.74, 6) is 0.201. The molecule has 1 aliphatic heterocycles. The average molecular weight is 428 g/mol. The first-order valence-electron chi connectivity index (χ1n) is 10.3. The summed E-state index contributed by atoms with van der Waals surface area (Å²) >= 11 is 1.18. The van der Waals surface area contributed by atoms with Crippen molar-refractivity contribution in [2.75, 3.05) is 5.75 Å². The van der Waals surface area contributed by atoms with Crippen molar-refractivity contribution in [3.05, 3.63) is 54.2 Å². The van der Waals surface area contributed by atoms with Gasteiger partial charge < -0.3 is 14.6 Å². The number of carbonyl (C=O) groups excluding carboxylic acids is 3. The molecule has 2 fully saturated rings. The monoisotopic (exact) mass is 427 g/mol. The first kappa shape index (κ1) is 20.7. The zero-order valence-electron chi connectivity index (χ0n) is 16.7. The van der Waals surface area contributed by atoms with E-state index in [4.69, 9.17) is 4.42 Å². The lowest BCUT2D eigenvalue weighted by atomic mass is 10.0. The van der Waals surface area contributed by atoms with Crippen molar-refractivity contribution in [2.24, 2.45) is 5.92 Å². The molecule has 8 heteroatoms. The molecule has 0 aromatic carbocycles. The molecule has 1 N–H and O–H groups in total. The lowest BCUT2D eigenvalue weighted by Crippen LogP contribution is -2.47. The van der Waals surface area contributed by atoms with Gasteiger partial charge in [-0.05, 0) is 42.7 Å². The van der Waals surface area contributed by atoms with Crippen molar-refractivity contribution in [3.63, 3.8) is 0 Å². The maximum Gasteiger partial charge on any atom is 0.247 e. The molecule has 2 atom stereocenters. The van der Waals surface area contributed by atoms with Gasteiger partial charge in [-0.3, -0.25) is 19.4 Å². The smallest absolute Gasteiger partial charge is 0.247 e. The largest absolute Gasteiger partial charge is 0.467 e. The van der Waals surface area contributed by atoms with E-state index in [-0.39, 0.29) is 35.9 Å². The maximum absolute atomic E-state index is 13.5. The van der Waals surface area contributed by atoms with Crippen molar-refractivity contribution in [2.45, 2.75) is 50.7 Å². The van der Waals surface area contributed by atoms with Crippen molar-refractivity contribution >= 4 is 28.7 Å². The number of thioether (sulfide) groups is 1. The Morgan fingerprint density at radius 1 is 1.23 bits per heavy atom. The molecule has 2 unspecified atom stereocenters. The quantitative estimate of drug-likeness (QED) is 0.730. The van der Waals surface area contributed by atoms with Crippen LogP contribution in [-0.4, -0.2) is 38.6 Å². The van der Waals surface area contributed by atoms with E-state index in [1.807, 2.05) is 0 Å². The Labute approximate surface area is 179 Å². The SMILES string of the molecule is O=C1CC(C(=O)N(Cc2ccco2)C(C(=O)NC2CCCC2)c2ccncc2)CS1. The molecule has 2 aromatic rings. The Balaban J connectivity index is 1.66. The molecule has 158 valence electrons. The van der Waals surface area contributed by atoms with Crippen LogP contribution in [0, 0.1) is 5.92 Å². The normalized spacial score (nSPS) is 20.3. The van der Waals surface area contributed by atoms with Crippen LogP contribution >= 0.6 is 11.8 Å². The minimum atomic E-state index is -0.813. The van der Waals surface area contributed by atoms with Gasteiger partial charge in [-0.2, -0.15) is 0 Å². The Kier molecular flexibility index (Phi) is 6.52. The highest BCUT2D eigenvalue weighted by Crippen LogP contribution is 2.32. The zero-order chi connectivity index (χ0) is 20.9. The molecule has 0 bridgehead atoms. The fourth-order valence-corrected chi connectivity index (χ4v) is 5.11. The summed E-state index contributed by atoms with van der Waals surface area (Å²) in [6.07, 6.45) is 9.09. The Hall–Kier alpha value is -2.61. The van der Waals surface area contributed by atoms with Crippen LogP contribution in [0.15, 0.2) is 47.3 Å². The number of hydrogen-bond donors (Lipinski definition) is 1. The van der Waals surface area contributed by atoms with Gasteiger partial charge in [0, 0.05) is 30.6 Å². The predicted octanol–water partition coefficient (Wildman–Crippen LogP) is 3.08. The van der Waals surface area contributed by atoms with E-state index in [0.29, 0.717) is 17.1 Å². The second-order valence-corrected chi connectivity index (χ2v) is 8.88.